The third-order valence-corrected chi connectivity index (χ3v) is 4.22. The lowest BCUT2D eigenvalue weighted by atomic mass is 9.96. The number of rotatable bonds is 2. The number of anilines is 1. The van der Waals surface area contributed by atoms with Crippen molar-refractivity contribution in [2.45, 2.75) is 6.42 Å². The van der Waals surface area contributed by atoms with Crippen LogP contribution in [0.4, 0.5) is 5.69 Å². The van der Waals surface area contributed by atoms with E-state index >= 15 is 0 Å². The Balaban J connectivity index is 1.86. The first kappa shape index (κ1) is 12.3. The molecule has 0 saturated carbocycles. The van der Waals surface area contributed by atoms with Crippen LogP contribution in [0.5, 0.6) is 5.75 Å². The van der Waals surface area contributed by atoms with Crippen molar-refractivity contribution in [1.82, 2.24) is 0 Å². The average molecular weight is 275 g/mol. The first-order chi connectivity index (χ1) is 10.3. The molecular weight excluding hydrogens is 258 g/mol. The molecule has 0 bridgehead atoms. The highest BCUT2D eigenvalue weighted by Crippen LogP contribution is 2.34. The van der Waals surface area contributed by atoms with Crippen LogP contribution >= 0.6 is 0 Å². The number of nitrogens with one attached hydrogen (secondary N) is 1. The molecule has 0 aliphatic carbocycles. The second-order valence-electron chi connectivity index (χ2n) is 5.44. The maximum atomic E-state index is 5.29. The Bertz CT molecular complexity index is 823. The lowest BCUT2D eigenvalue weighted by Crippen LogP contribution is -1.90. The van der Waals surface area contributed by atoms with E-state index in [0.29, 0.717) is 0 Å². The smallest absolute Gasteiger partial charge is 0.119 e. The Labute approximate surface area is 124 Å². The number of fused-ring (bicyclic) bond motifs is 2. The second kappa shape index (κ2) is 4.81. The largest absolute Gasteiger partial charge is 0.497 e. The average Bonchev–Trinajstić information content (AvgIpc) is 3.02. The maximum Gasteiger partial charge on any atom is 0.119 e. The minimum Gasteiger partial charge on any atom is -0.497 e. The summed E-state index contributed by atoms with van der Waals surface area (Å²) in [7, 11) is 1.70. The summed E-state index contributed by atoms with van der Waals surface area (Å²) < 4.78 is 5.29. The second-order valence-corrected chi connectivity index (χ2v) is 5.44. The SMILES string of the molecule is COc1ccc2cc(-c3cccc4c3CCN4)ccc2c1. The Hall–Kier alpha value is -2.48. The monoisotopic (exact) mass is 275 g/mol. The zero-order valence-corrected chi connectivity index (χ0v) is 12.0. The van der Waals surface area contributed by atoms with Crippen LogP contribution in [0, 0.1) is 0 Å². The molecule has 0 aromatic heterocycles. The van der Waals surface area contributed by atoms with Crippen molar-refractivity contribution >= 4 is 16.5 Å². The van der Waals surface area contributed by atoms with Crippen molar-refractivity contribution in [3.63, 3.8) is 0 Å². The van der Waals surface area contributed by atoms with Crippen molar-refractivity contribution in [1.29, 1.82) is 0 Å². The highest BCUT2D eigenvalue weighted by atomic mass is 16.5. The summed E-state index contributed by atoms with van der Waals surface area (Å²) in [6.07, 6.45) is 1.10. The van der Waals surface area contributed by atoms with E-state index in [1.54, 1.807) is 7.11 Å². The summed E-state index contributed by atoms with van der Waals surface area (Å²) in [6, 6.07) is 19.4. The van der Waals surface area contributed by atoms with Crippen molar-refractivity contribution in [2.24, 2.45) is 0 Å². The molecule has 0 radical (unpaired) electrons. The van der Waals surface area contributed by atoms with E-state index in [1.165, 1.54) is 33.2 Å². The van der Waals surface area contributed by atoms with Crippen LogP contribution in [-0.4, -0.2) is 13.7 Å². The molecule has 0 fully saturated rings. The Morgan fingerprint density at radius 2 is 1.81 bits per heavy atom. The van der Waals surface area contributed by atoms with Gasteiger partial charge in [0.1, 0.15) is 5.75 Å². The van der Waals surface area contributed by atoms with Crippen molar-refractivity contribution in [2.75, 3.05) is 19.0 Å². The van der Waals surface area contributed by atoms with Gasteiger partial charge in [0.25, 0.3) is 0 Å². The van der Waals surface area contributed by atoms with Gasteiger partial charge in [0.15, 0.2) is 0 Å². The molecule has 1 heterocycles. The highest BCUT2D eigenvalue weighted by Gasteiger charge is 2.14. The van der Waals surface area contributed by atoms with E-state index in [4.69, 9.17) is 4.74 Å². The van der Waals surface area contributed by atoms with Crippen LogP contribution in [-0.2, 0) is 6.42 Å². The molecular formula is C19H17NO. The van der Waals surface area contributed by atoms with Gasteiger partial charge in [-0.1, -0.05) is 30.3 Å². The Kier molecular flexibility index (Phi) is 2.81. The van der Waals surface area contributed by atoms with Gasteiger partial charge in [0, 0.05) is 12.2 Å². The van der Waals surface area contributed by atoms with Gasteiger partial charge in [-0.05, 0) is 58.1 Å². The van der Waals surface area contributed by atoms with Crippen LogP contribution in [0.2, 0.25) is 0 Å². The summed E-state index contributed by atoms with van der Waals surface area (Å²) in [5.74, 6) is 0.903. The molecule has 104 valence electrons. The van der Waals surface area contributed by atoms with Crippen LogP contribution in [0.3, 0.4) is 0 Å². The summed E-state index contributed by atoms with van der Waals surface area (Å²) in [5, 5.41) is 5.90. The molecule has 0 spiro atoms. The van der Waals surface area contributed by atoms with Gasteiger partial charge in [-0.2, -0.15) is 0 Å². The number of benzene rings is 3. The fourth-order valence-electron chi connectivity index (χ4n) is 3.13. The highest BCUT2D eigenvalue weighted by molar-refractivity contribution is 5.89. The van der Waals surface area contributed by atoms with Gasteiger partial charge in [-0.3, -0.25) is 0 Å². The van der Waals surface area contributed by atoms with Gasteiger partial charge in [-0.15, -0.1) is 0 Å². The van der Waals surface area contributed by atoms with Crippen LogP contribution < -0.4 is 10.1 Å². The van der Waals surface area contributed by atoms with Crippen LogP contribution in [0.15, 0.2) is 54.6 Å². The van der Waals surface area contributed by atoms with Gasteiger partial charge in [0.05, 0.1) is 7.11 Å². The molecule has 1 aliphatic heterocycles. The van der Waals surface area contributed by atoms with E-state index < -0.39 is 0 Å². The van der Waals surface area contributed by atoms with E-state index in [0.717, 1.165) is 18.7 Å². The molecule has 2 nitrogen and oxygen atoms in total. The maximum absolute atomic E-state index is 5.29. The van der Waals surface area contributed by atoms with Crippen LogP contribution in [0.25, 0.3) is 21.9 Å². The molecule has 0 saturated heterocycles. The minimum absolute atomic E-state index is 0.903. The van der Waals surface area contributed by atoms with E-state index in [2.05, 4.69) is 53.8 Å². The quantitative estimate of drug-likeness (QED) is 0.744. The number of ether oxygens (including phenoxy) is 1. The van der Waals surface area contributed by atoms with E-state index in [-0.39, 0.29) is 0 Å². The molecule has 2 heteroatoms. The lowest BCUT2D eigenvalue weighted by Gasteiger charge is -2.10. The fraction of sp³-hybridized carbons (Fsp3) is 0.158. The van der Waals surface area contributed by atoms with E-state index in [9.17, 15) is 0 Å². The minimum atomic E-state index is 0.903. The standard InChI is InChI=1S/C19H17NO/c1-21-16-8-7-13-11-15(6-5-14(13)12-16)17-3-2-4-19-18(17)9-10-20-19/h2-8,11-12,20H,9-10H2,1H3. The molecule has 0 atom stereocenters. The van der Waals surface area contributed by atoms with E-state index in [1.807, 2.05) is 6.07 Å². The molecule has 0 amide bonds. The zero-order valence-electron chi connectivity index (χ0n) is 12.0. The predicted octanol–water partition coefficient (Wildman–Crippen LogP) is 4.48. The Morgan fingerprint density at radius 3 is 2.71 bits per heavy atom. The van der Waals surface area contributed by atoms with Crippen molar-refractivity contribution in [3.8, 4) is 16.9 Å². The lowest BCUT2D eigenvalue weighted by molar-refractivity contribution is 0.415. The first-order valence-electron chi connectivity index (χ1n) is 7.29. The molecule has 4 rings (SSSR count). The summed E-state index contributed by atoms with van der Waals surface area (Å²) in [5.41, 5.74) is 5.34. The molecule has 0 unspecified atom stereocenters. The normalized spacial score (nSPS) is 13.0. The third-order valence-electron chi connectivity index (χ3n) is 4.22. The zero-order chi connectivity index (χ0) is 14.2. The fourth-order valence-corrected chi connectivity index (χ4v) is 3.13. The predicted molar refractivity (Wildman–Crippen MR) is 88.1 cm³/mol. The summed E-state index contributed by atoms with van der Waals surface area (Å²) >= 11 is 0. The molecule has 1 N–H and O–H groups in total. The van der Waals surface area contributed by atoms with Gasteiger partial charge >= 0.3 is 0 Å². The first-order valence-corrected chi connectivity index (χ1v) is 7.29. The van der Waals surface area contributed by atoms with Crippen LogP contribution in [0.1, 0.15) is 5.56 Å². The molecule has 1 aliphatic rings. The Morgan fingerprint density at radius 1 is 0.952 bits per heavy atom. The van der Waals surface area contributed by atoms with Gasteiger partial charge in [-0.25, -0.2) is 0 Å². The van der Waals surface area contributed by atoms with Gasteiger partial charge in [0.2, 0.25) is 0 Å². The molecule has 21 heavy (non-hydrogen) atoms. The summed E-state index contributed by atoms with van der Waals surface area (Å²) in [6.45, 7) is 1.04. The van der Waals surface area contributed by atoms with Gasteiger partial charge < -0.3 is 10.1 Å². The molecule has 3 aromatic rings. The molecule has 3 aromatic carbocycles. The topological polar surface area (TPSA) is 21.3 Å². The van der Waals surface area contributed by atoms with Crippen molar-refractivity contribution < 1.29 is 4.74 Å². The third kappa shape index (κ3) is 2.04. The number of hydrogen-bond donors (Lipinski definition) is 1. The van der Waals surface area contributed by atoms with Crippen molar-refractivity contribution in [3.05, 3.63) is 60.2 Å². The number of hydrogen-bond acceptors (Lipinski definition) is 2. The number of methoxy groups -OCH3 is 1. The summed E-state index contributed by atoms with van der Waals surface area (Å²) in [4.78, 5) is 0.